The van der Waals surface area contributed by atoms with Crippen LogP contribution in [0.25, 0.3) is 0 Å². The summed E-state index contributed by atoms with van der Waals surface area (Å²) in [6.07, 6.45) is 2.50. The van der Waals surface area contributed by atoms with E-state index >= 15 is 0 Å². The molecule has 1 heterocycles. The van der Waals surface area contributed by atoms with Crippen LogP contribution >= 0.6 is 0 Å². The Labute approximate surface area is 80.3 Å². The van der Waals surface area contributed by atoms with Crippen LogP contribution in [-0.2, 0) is 0 Å². The normalized spacial score (nSPS) is 12.3. The van der Waals surface area contributed by atoms with Gasteiger partial charge in [-0.25, -0.2) is 4.68 Å². The molecular formula is C9H8N4O. The highest BCUT2D eigenvalue weighted by Crippen LogP contribution is 2.17. The lowest BCUT2D eigenvalue weighted by Crippen LogP contribution is -2.08. The van der Waals surface area contributed by atoms with Crippen molar-refractivity contribution in [2.75, 3.05) is 0 Å². The highest BCUT2D eigenvalue weighted by Gasteiger charge is 2.13. The second-order valence-electron chi connectivity index (χ2n) is 2.77. The Morgan fingerprint density at radius 2 is 2.07 bits per heavy atom. The van der Waals surface area contributed by atoms with E-state index in [0.29, 0.717) is 0 Å². The van der Waals surface area contributed by atoms with Crippen molar-refractivity contribution >= 4 is 0 Å². The summed E-state index contributed by atoms with van der Waals surface area (Å²) < 4.78 is 1.42. The summed E-state index contributed by atoms with van der Waals surface area (Å²) in [6.45, 7) is 0. The highest BCUT2D eigenvalue weighted by molar-refractivity contribution is 5.18. The van der Waals surface area contributed by atoms with Gasteiger partial charge in [0.2, 0.25) is 6.17 Å². The summed E-state index contributed by atoms with van der Waals surface area (Å²) in [6, 6.07) is 9.24. The molecule has 0 radical (unpaired) electrons. The van der Waals surface area contributed by atoms with Crippen molar-refractivity contribution in [1.82, 2.24) is 15.0 Å². The fourth-order valence-electron chi connectivity index (χ4n) is 1.23. The predicted molar refractivity (Wildman–Crippen MR) is 50.4 cm³/mol. The van der Waals surface area contributed by atoms with Gasteiger partial charge in [0.05, 0.1) is 6.20 Å². The number of hydrogen-bond donors (Lipinski definition) is 0. The van der Waals surface area contributed by atoms with Crippen LogP contribution in [0.2, 0.25) is 0 Å². The van der Waals surface area contributed by atoms with Gasteiger partial charge >= 0.3 is 0 Å². The number of nitrogens with zero attached hydrogens (tertiary/aromatic N) is 4. The van der Waals surface area contributed by atoms with E-state index in [1.807, 2.05) is 30.3 Å². The highest BCUT2D eigenvalue weighted by atomic mass is 16.3. The molecule has 0 aliphatic carbocycles. The van der Waals surface area contributed by atoms with E-state index in [1.165, 1.54) is 10.9 Å². The first-order valence-corrected chi connectivity index (χ1v) is 4.15. The molecule has 5 nitrogen and oxygen atoms in total. The SMILES string of the molecule is O=NC(c1ccccc1)n1ccnn1. The summed E-state index contributed by atoms with van der Waals surface area (Å²) in [4.78, 5) is 10.7. The third-order valence-electron chi connectivity index (χ3n) is 1.89. The molecule has 0 saturated heterocycles. The van der Waals surface area contributed by atoms with E-state index in [4.69, 9.17) is 0 Å². The number of aromatic nitrogens is 3. The Hall–Kier alpha value is -2.04. The fourth-order valence-corrected chi connectivity index (χ4v) is 1.23. The largest absolute Gasteiger partial charge is 0.220 e. The maximum Gasteiger partial charge on any atom is 0.210 e. The lowest BCUT2D eigenvalue weighted by molar-refractivity contribution is 0.521. The van der Waals surface area contributed by atoms with E-state index < -0.39 is 6.17 Å². The van der Waals surface area contributed by atoms with Gasteiger partial charge in [-0.15, -0.1) is 10.0 Å². The first-order valence-electron chi connectivity index (χ1n) is 4.15. The Kier molecular flexibility index (Phi) is 2.31. The fraction of sp³-hybridized carbons (Fsp3) is 0.111. The zero-order chi connectivity index (χ0) is 9.80. The van der Waals surface area contributed by atoms with Gasteiger partial charge in [-0.3, -0.25) is 0 Å². The molecule has 1 atom stereocenters. The van der Waals surface area contributed by atoms with E-state index in [0.717, 1.165) is 5.56 Å². The van der Waals surface area contributed by atoms with Crippen LogP contribution in [0.15, 0.2) is 47.9 Å². The van der Waals surface area contributed by atoms with Crippen LogP contribution in [0.3, 0.4) is 0 Å². The number of hydrogen-bond acceptors (Lipinski definition) is 4. The molecule has 70 valence electrons. The number of nitroso groups, excluding NO2 is 1. The van der Waals surface area contributed by atoms with E-state index in [-0.39, 0.29) is 0 Å². The molecule has 0 N–H and O–H groups in total. The first kappa shape index (κ1) is 8.55. The lowest BCUT2D eigenvalue weighted by Gasteiger charge is -2.07. The molecule has 1 aromatic heterocycles. The minimum Gasteiger partial charge on any atom is -0.220 e. The molecule has 2 rings (SSSR count). The van der Waals surface area contributed by atoms with Crippen molar-refractivity contribution in [3.8, 4) is 0 Å². The monoisotopic (exact) mass is 188 g/mol. The molecular weight excluding hydrogens is 180 g/mol. The molecule has 0 aliphatic rings. The Morgan fingerprint density at radius 1 is 1.29 bits per heavy atom. The van der Waals surface area contributed by atoms with Crippen LogP contribution in [0.4, 0.5) is 0 Å². The van der Waals surface area contributed by atoms with E-state index in [9.17, 15) is 4.91 Å². The Morgan fingerprint density at radius 3 is 2.64 bits per heavy atom. The summed E-state index contributed by atoms with van der Waals surface area (Å²) in [7, 11) is 0. The van der Waals surface area contributed by atoms with Crippen molar-refractivity contribution in [3.05, 3.63) is 53.2 Å². The second kappa shape index (κ2) is 3.78. The van der Waals surface area contributed by atoms with Crippen molar-refractivity contribution < 1.29 is 0 Å². The van der Waals surface area contributed by atoms with Crippen molar-refractivity contribution in [3.63, 3.8) is 0 Å². The summed E-state index contributed by atoms with van der Waals surface area (Å²) in [5.74, 6) is 0. The van der Waals surface area contributed by atoms with Crippen LogP contribution in [0.1, 0.15) is 11.7 Å². The number of benzene rings is 1. The minimum atomic E-state index is -0.626. The second-order valence-corrected chi connectivity index (χ2v) is 2.77. The van der Waals surface area contributed by atoms with Gasteiger partial charge in [0.15, 0.2) is 0 Å². The zero-order valence-corrected chi connectivity index (χ0v) is 7.32. The summed E-state index contributed by atoms with van der Waals surface area (Å²) in [5.41, 5.74) is 0.799. The maximum atomic E-state index is 10.7. The van der Waals surface area contributed by atoms with Gasteiger partial charge in [0.25, 0.3) is 0 Å². The van der Waals surface area contributed by atoms with Gasteiger partial charge in [0, 0.05) is 11.8 Å². The van der Waals surface area contributed by atoms with Crippen molar-refractivity contribution in [2.45, 2.75) is 6.17 Å². The molecule has 0 aliphatic heterocycles. The summed E-state index contributed by atoms with van der Waals surface area (Å²) >= 11 is 0. The topological polar surface area (TPSA) is 60.1 Å². The average Bonchev–Trinajstić information content (AvgIpc) is 2.74. The van der Waals surface area contributed by atoms with Gasteiger partial charge in [-0.1, -0.05) is 35.5 Å². The van der Waals surface area contributed by atoms with Crippen LogP contribution < -0.4 is 0 Å². The lowest BCUT2D eigenvalue weighted by atomic mass is 10.2. The summed E-state index contributed by atoms with van der Waals surface area (Å²) in [5, 5.41) is 10.4. The van der Waals surface area contributed by atoms with Crippen LogP contribution in [0, 0.1) is 4.91 Å². The minimum absolute atomic E-state index is 0.626. The van der Waals surface area contributed by atoms with E-state index in [1.54, 1.807) is 6.20 Å². The third-order valence-corrected chi connectivity index (χ3v) is 1.89. The van der Waals surface area contributed by atoms with Gasteiger partial charge in [-0.2, -0.15) is 0 Å². The molecule has 1 aromatic carbocycles. The smallest absolute Gasteiger partial charge is 0.210 e. The molecule has 0 fully saturated rings. The molecule has 5 heteroatoms. The standard InChI is InChI=1S/C9H8N4O/c14-11-9(13-7-6-10-12-13)8-4-2-1-3-5-8/h1-7,9H. The Balaban J connectivity index is 2.36. The van der Waals surface area contributed by atoms with Crippen molar-refractivity contribution in [1.29, 1.82) is 0 Å². The van der Waals surface area contributed by atoms with Crippen LogP contribution in [-0.4, -0.2) is 15.0 Å². The van der Waals surface area contributed by atoms with Gasteiger partial charge in [0.1, 0.15) is 0 Å². The Bertz CT molecular complexity index is 398. The molecule has 14 heavy (non-hydrogen) atoms. The molecule has 0 spiro atoms. The number of rotatable bonds is 3. The van der Waals surface area contributed by atoms with Gasteiger partial charge < -0.3 is 0 Å². The average molecular weight is 188 g/mol. The first-order chi connectivity index (χ1) is 6.92. The molecule has 2 aromatic rings. The van der Waals surface area contributed by atoms with E-state index in [2.05, 4.69) is 15.5 Å². The predicted octanol–water partition coefficient (Wildman–Crippen LogP) is 1.59. The molecule has 1 unspecified atom stereocenters. The zero-order valence-electron chi connectivity index (χ0n) is 7.32. The quantitative estimate of drug-likeness (QED) is 0.687. The van der Waals surface area contributed by atoms with Crippen LogP contribution in [0.5, 0.6) is 0 Å². The molecule has 0 saturated carbocycles. The molecule has 0 amide bonds. The molecule has 0 bridgehead atoms. The third kappa shape index (κ3) is 1.52. The van der Waals surface area contributed by atoms with Crippen molar-refractivity contribution in [2.24, 2.45) is 5.18 Å². The van der Waals surface area contributed by atoms with Gasteiger partial charge in [-0.05, 0) is 5.18 Å². The maximum absolute atomic E-state index is 10.7.